The smallest absolute Gasteiger partial charge is 0.303 e. The summed E-state index contributed by atoms with van der Waals surface area (Å²) in [5.74, 6) is -2.03. The molecule has 0 unspecified atom stereocenters. The van der Waals surface area contributed by atoms with Gasteiger partial charge in [-0.05, 0) is 59.2 Å². The van der Waals surface area contributed by atoms with Gasteiger partial charge in [0.15, 0.2) is 0 Å². The van der Waals surface area contributed by atoms with Gasteiger partial charge in [-0.3, -0.25) is 14.4 Å². The number of aliphatic carboxylic acids is 1. The van der Waals surface area contributed by atoms with Crippen LogP contribution in [0, 0.1) is 0 Å². The highest BCUT2D eigenvalue weighted by molar-refractivity contribution is 5.98. The Morgan fingerprint density at radius 2 is 1.57 bits per heavy atom. The van der Waals surface area contributed by atoms with Gasteiger partial charge in [-0.1, -0.05) is 60.7 Å². The molecule has 0 radical (unpaired) electrons. The predicted octanol–water partition coefficient (Wildman–Crippen LogP) is 2.94. The summed E-state index contributed by atoms with van der Waals surface area (Å²) in [5.41, 5.74) is 5.83. The largest absolute Gasteiger partial charge is 0.481 e. The lowest BCUT2D eigenvalue weighted by Gasteiger charge is -2.22. The van der Waals surface area contributed by atoms with Crippen molar-refractivity contribution in [3.63, 3.8) is 0 Å². The van der Waals surface area contributed by atoms with E-state index in [1.54, 1.807) is 6.07 Å². The number of carboxylic acids is 1. The summed E-state index contributed by atoms with van der Waals surface area (Å²) >= 11 is 0. The minimum atomic E-state index is -1.06. The molecule has 4 rings (SSSR count). The molecule has 0 aromatic heterocycles. The maximum absolute atomic E-state index is 13.0. The van der Waals surface area contributed by atoms with Gasteiger partial charge < -0.3 is 20.8 Å². The number of rotatable bonds is 10. The zero-order valence-corrected chi connectivity index (χ0v) is 19.2. The van der Waals surface area contributed by atoms with Gasteiger partial charge in [0.2, 0.25) is 5.91 Å². The van der Waals surface area contributed by atoms with Crippen molar-refractivity contribution in [2.45, 2.75) is 37.8 Å². The third-order valence-corrected chi connectivity index (χ3v) is 6.22. The second-order valence-electron chi connectivity index (χ2n) is 8.74. The van der Waals surface area contributed by atoms with E-state index in [9.17, 15) is 19.5 Å². The molecule has 1 aliphatic rings. The Morgan fingerprint density at radius 3 is 2.31 bits per heavy atom. The number of fused-ring (bicyclic) bond motifs is 3. The second kappa shape index (κ2) is 11.0. The van der Waals surface area contributed by atoms with E-state index in [-0.39, 0.29) is 19.4 Å². The predicted molar refractivity (Wildman–Crippen MR) is 132 cm³/mol. The Balaban J connectivity index is 1.46. The Morgan fingerprint density at radius 1 is 0.857 bits per heavy atom. The molecule has 7 nitrogen and oxygen atoms in total. The zero-order valence-electron chi connectivity index (χ0n) is 19.2. The molecule has 0 fully saturated rings. The lowest BCUT2D eigenvalue weighted by molar-refractivity contribution is -0.137. The average molecular weight is 473 g/mol. The van der Waals surface area contributed by atoms with Gasteiger partial charge in [-0.2, -0.15) is 0 Å². The third kappa shape index (κ3) is 5.94. The fraction of sp³-hybridized carbons (Fsp3) is 0.250. The van der Waals surface area contributed by atoms with E-state index >= 15 is 0 Å². The zero-order chi connectivity index (χ0) is 24.8. The van der Waals surface area contributed by atoms with Crippen LogP contribution in [0.4, 0.5) is 0 Å². The van der Waals surface area contributed by atoms with Crippen molar-refractivity contribution in [3.05, 3.63) is 95.1 Å². The molecule has 0 bridgehead atoms. The molecule has 180 valence electrons. The summed E-state index contributed by atoms with van der Waals surface area (Å²) in [6.45, 7) is -0.286. The van der Waals surface area contributed by atoms with Gasteiger partial charge >= 0.3 is 5.97 Å². The fourth-order valence-corrected chi connectivity index (χ4v) is 4.43. The van der Waals surface area contributed by atoms with Crippen LogP contribution < -0.4 is 10.6 Å². The molecule has 1 aliphatic carbocycles. The molecule has 3 aromatic carbocycles. The maximum Gasteiger partial charge on any atom is 0.303 e. The van der Waals surface area contributed by atoms with Crippen LogP contribution in [-0.4, -0.2) is 46.7 Å². The van der Waals surface area contributed by atoms with Crippen molar-refractivity contribution in [2.75, 3.05) is 6.61 Å². The minimum Gasteiger partial charge on any atom is -0.481 e. The Hall–Kier alpha value is -3.97. The van der Waals surface area contributed by atoms with Crippen LogP contribution in [0.5, 0.6) is 0 Å². The Labute approximate surface area is 203 Å². The number of hydrogen-bond donors (Lipinski definition) is 4. The van der Waals surface area contributed by atoms with Crippen LogP contribution in [0.3, 0.4) is 0 Å². The highest BCUT2D eigenvalue weighted by Gasteiger charge is 2.26. The lowest BCUT2D eigenvalue weighted by atomic mass is 10.0. The quantitative estimate of drug-likeness (QED) is 0.283. The Bertz CT molecular complexity index is 1230. The van der Waals surface area contributed by atoms with Gasteiger partial charge in [0.1, 0.15) is 6.04 Å². The van der Waals surface area contributed by atoms with Gasteiger partial charge in [0, 0.05) is 12.0 Å². The van der Waals surface area contributed by atoms with Crippen molar-refractivity contribution in [1.82, 2.24) is 10.6 Å². The van der Waals surface area contributed by atoms with Gasteiger partial charge in [-0.15, -0.1) is 0 Å². The van der Waals surface area contributed by atoms with Crippen molar-refractivity contribution in [3.8, 4) is 11.1 Å². The van der Waals surface area contributed by atoms with E-state index in [1.165, 1.54) is 5.56 Å². The van der Waals surface area contributed by atoms with Crippen LogP contribution in [-0.2, 0) is 22.4 Å². The van der Waals surface area contributed by atoms with E-state index in [4.69, 9.17) is 5.11 Å². The molecule has 0 saturated heterocycles. The number of aliphatic hydroxyl groups excluding tert-OH is 1. The topological polar surface area (TPSA) is 116 Å². The van der Waals surface area contributed by atoms with E-state index in [2.05, 4.69) is 22.8 Å². The van der Waals surface area contributed by atoms with Crippen molar-refractivity contribution in [1.29, 1.82) is 0 Å². The number of benzene rings is 3. The van der Waals surface area contributed by atoms with Crippen LogP contribution >= 0.6 is 0 Å². The first-order valence-electron chi connectivity index (χ1n) is 11.6. The van der Waals surface area contributed by atoms with Crippen molar-refractivity contribution < 1.29 is 24.6 Å². The number of carbonyl (C=O) groups is 3. The summed E-state index contributed by atoms with van der Waals surface area (Å²) in [6.07, 6.45) is 0.800. The number of nitrogens with one attached hydrogen (secondary N) is 2. The highest BCUT2D eigenvalue weighted by atomic mass is 16.4. The number of amides is 2. The number of hydrogen-bond acceptors (Lipinski definition) is 4. The maximum atomic E-state index is 13.0. The molecule has 2 amide bonds. The van der Waals surface area contributed by atoms with Gasteiger partial charge in [0.25, 0.3) is 5.91 Å². The standard InChI is InChI=1S/C28H28N2O5/c31-17-22(14-18-6-2-1-3-7-18)29-28(35)25(12-13-26(32)33)30-27(34)20-10-11-24-21(16-20)15-19-8-4-5-9-23(19)24/h1-11,16,22,25,31H,12-15,17H2,(H,29,35)(H,30,34)(H,32,33)/t22-,25-/m0/s1. The SMILES string of the molecule is O=C(O)CC[C@H](NC(=O)c1ccc2c(c1)Cc1ccccc1-2)C(=O)N[C@H](CO)Cc1ccccc1. The third-order valence-electron chi connectivity index (χ3n) is 6.22. The monoisotopic (exact) mass is 472 g/mol. The first-order chi connectivity index (χ1) is 16.9. The summed E-state index contributed by atoms with van der Waals surface area (Å²) in [5, 5.41) is 24.3. The molecule has 2 atom stereocenters. The highest BCUT2D eigenvalue weighted by Crippen LogP contribution is 2.36. The van der Waals surface area contributed by atoms with Gasteiger partial charge in [-0.25, -0.2) is 0 Å². The lowest BCUT2D eigenvalue weighted by Crippen LogP contribution is -2.51. The second-order valence-corrected chi connectivity index (χ2v) is 8.74. The van der Waals surface area contributed by atoms with Crippen LogP contribution in [0.1, 0.15) is 39.9 Å². The summed E-state index contributed by atoms with van der Waals surface area (Å²) in [7, 11) is 0. The molecule has 0 heterocycles. The summed E-state index contributed by atoms with van der Waals surface area (Å²) < 4.78 is 0. The molecule has 7 heteroatoms. The molecule has 4 N–H and O–H groups in total. The van der Waals surface area contributed by atoms with Crippen LogP contribution in [0.15, 0.2) is 72.8 Å². The summed E-state index contributed by atoms with van der Waals surface area (Å²) in [6, 6.07) is 21.3. The first kappa shape index (κ1) is 24.2. The normalized spacial score (nSPS) is 13.3. The molecule has 0 saturated carbocycles. The molecular weight excluding hydrogens is 444 g/mol. The summed E-state index contributed by atoms with van der Waals surface area (Å²) in [4.78, 5) is 37.2. The fourth-order valence-electron chi connectivity index (χ4n) is 4.43. The molecule has 35 heavy (non-hydrogen) atoms. The van der Waals surface area contributed by atoms with E-state index in [1.807, 2.05) is 54.6 Å². The van der Waals surface area contributed by atoms with Gasteiger partial charge in [0.05, 0.1) is 12.6 Å². The average Bonchev–Trinajstić information content (AvgIpc) is 3.24. The number of carbonyl (C=O) groups excluding carboxylic acids is 2. The van der Waals surface area contributed by atoms with Crippen LogP contribution in [0.25, 0.3) is 11.1 Å². The van der Waals surface area contributed by atoms with E-state index in [0.29, 0.717) is 12.0 Å². The minimum absolute atomic E-state index is 0.0627. The Kier molecular flexibility index (Phi) is 7.57. The van der Waals surface area contributed by atoms with Crippen LogP contribution in [0.2, 0.25) is 0 Å². The molecule has 3 aromatic rings. The first-order valence-corrected chi connectivity index (χ1v) is 11.6. The molecular formula is C28H28N2O5. The molecule has 0 spiro atoms. The molecule has 0 aliphatic heterocycles. The number of aliphatic hydroxyl groups is 1. The van der Waals surface area contributed by atoms with Crippen molar-refractivity contribution in [2.24, 2.45) is 0 Å². The number of carboxylic acid groups (broad SMARTS) is 1. The van der Waals surface area contributed by atoms with Crippen molar-refractivity contribution >= 4 is 17.8 Å². The van der Waals surface area contributed by atoms with E-state index in [0.717, 1.165) is 28.7 Å². The van der Waals surface area contributed by atoms with E-state index < -0.39 is 29.9 Å².